The van der Waals surface area contributed by atoms with Crippen LogP contribution in [0.1, 0.15) is 12.8 Å². The number of allylic oxidation sites excluding steroid dienone is 3. The molecule has 2 aliphatic rings. The van der Waals surface area contributed by atoms with E-state index in [0.717, 1.165) is 24.0 Å². The largest absolute Gasteiger partial charge is 0.458 e. The molecule has 0 saturated heterocycles. The molecule has 0 radical (unpaired) electrons. The van der Waals surface area contributed by atoms with Crippen LogP contribution in [-0.4, -0.2) is 28.7 Å². The van der Waals surface area contributed by atoms with Gasteiger partial charge in [-0.25, -0.2) is 8.42 Å². The van der Waals surface area contributed by atoms with E-state index in [0.29, 0.717) is 5.75 Å². The zero-order valence-corrected chi connectivity index (χ0v) is 14.3. The molecule has 1 atom stereocenters. The molecule has 0 saturated carbocycles. The molecule has 0 bridgehead atoms. The molecule has 0 amide bonds. The Kier molecular flexibility index (Phi) is 4.62. The number of hydrogen-bond donors (Lipinski definition) is 0. The van der Waals surface area contributed by atoms with Crippen molar-refractivity contribution in [3.8, 4) is 5.75 Å². The van der Waals surface area contributed by atoms with Crippen molar-refractivity contribution in [1.82, 2.24) is 0 Å². The number of hydrogen-bond acceptors (Lipinski definition) is 6. The van der Waals surface area contributed by atoms with E-state index in [1.54, 1.807) is 0 Å². The molecular formula is C16H16O6S2. The molecule has 1 aliphatic heterocycles. The Hall–Kier alpha value is -1.90. The molecule has 1 aromatic rings. The highest BCUT2D eigenvalue weighted by Gasteiger charge is 2.28. The van der Waals surface area contributed by atoms with E-state index in [2.05, 4.69) is 0 Å². The monoisotopic (exact) mass is 368 g/mol. The van der Waals surface area contributed by atoms with E-state index >= 15 is 0 Å². The van der Waals surface area contributed by atoms with Crippen molar-refractivity contribution in [2.24, 2.45) is 0 Å². The number of rotatable bonds is 5. The summed E-state index contributed by atoms with van der Waals surface area (Å²) in [5.41, 5.74) is 0. The fourth-order valence-corrected chi connectivity index (χ4v) is 4.59. The lowest BCUT2D eigenvalue weighted by molar-refractivity contribution is 0.279. The number of sulfone groups is 1. The van der Waals surface area contributed by atoms with Gasteiger partial charge in [0.25, 0.3) is 10.1 Å². The van der Waals surface area contributed by atoms with Gasteiger partial charge in [-0.05, 0) is 55.3 Å². The first kappa shape index (κ1) is 16.9. The van der Waals surface area contributed by atoms with E-state index in [9.17, 15) is 16.8 Å². The highest BCUT2D eigenvalue weighted by atomic mass is 32.2. The molecule has 0 N–H and O–H groups in total. The van der Waals surface area contributed by atoms with Crippen molar-refractivity contribution in [3.05, 3.63) is 59.7 Å². The second-order valence-corrected chi connectivity index (χ2v) is 8.91. The van der Waals surface area contributed by atoms with Gasteiger partial charge < -0.3 is 4.74 Å². The van der Waals surface area contributed by atoms with E-state index < -0.39 is 26.1 Å². The quantitative estimate of drug-likeness (QED) is 0.741. The van der Waals surface area contributed by atoms with Gasteiger partial charge in [0.15, 0.2) is 9.84 Å². The van der Waals surface area contributed by atoms with Crippen molar-refractivity contribution in [2.45, 2.75) is 23.8 Å². The van der Waals surface area contributed by atoms with Crippen LogP contribution in [0.4, 0.5) is 0 Å². The van der Waals surface area contributed by atoms with Gasteiger partial charge in [0.1, 0.15) is 17.6 Å². The topological polar surface area (TPSA) is 86.7 Å². The first-order chi connectivity index (χ1) is 11.3. The average Bonchev–Trinajstić information content (AvgIpc) is 2.87. The predicted octanol–water partition coefficient (Wildman–Crippen LogP) is 2.32. The zero-order chi connectivity index (χ0) is 17.2. The van der Waals surface area contributed by atoms with Crippen LogP contribution in [-0.2, 0) is 24.1 Å². The van der Waals surface area contributed by atoms with Gasteiger partial charge in [-0.2, -0.15) is 8.42 Å². The first-order valence-electron chi connectivity index (χ1n) is 7.33. The van der Waals surface area contributed by atoms with Crippen LogP contribution < -0.4 is 4.74 Å². The third-order valence-electron chi connectivity index (χ3n) is 3.46. The highest BCUT2D eigenvalue weighted by molar-refractivity contribution is 7.94. The Bertz CT molecular complexity index is 906. The standard InChI is InChI=1S/C16H16O6S2/c17-23(18)11-10-15(12-23)22-24(19,20)16-8-6-14(7-9-16)21-13-4-2-1-3-5-13/h2,4-11,15H,1,3,12H2/t15-/m0/s1. The molecule has 0 fully saturated rings. The second kappa shape index (κ2) is 6.54. The summed E-state index contributed by atoms with van der Waals surface area (Å²) < 4.78 is 57.6. The second-order valence-electron chi connectivity index (χ2n) is 5.41. The third kappa shape index (κ3) is 4.14. The van der Waals surface area contributed by atoms with Crippen molar-refractivity contribution in [2.75, 3.05) is 5.75 Å². The molecular weight excluding hydrogens is 352 g/mol. The minimum Gasteiger partial charge on any atom is -0.458 e. The Labute approximate surface area is 141 Å². The Balaban J connectivity index is 1.69. The van der Waals surface area contributed by atoms with Gasteiger partial charge in [-0.1, -0.05) is 6.08 Å². The van der Waals surface area contributed by atoms with E-state index in [1.165, 1.54) is 30.3 Å². The van der Waals surface area contributed by atoms with Crippen molar-refractivity contribution in [3.63, 3.8) is 0 Å². The Morgan fingerprint density at radius 3 is 2.42 bits per heavy atom. The maximum Gasteiger partial charge on any atom is 0.297 e. The van der Waals surface area contributed by atoms with Crippen LogP contribution in [0.5, 0.6) is 5.75 Å². The van der Waals surface area contributed by atoms with Crippen LogP contribution in [0, 0.1) is 0 Å². The van der Waals surface area contributed by atoms with Gasteiger partial charge in [0.05, 0.1) is 10.6 Å². The fourth-order valence-electron chi connectivity index (χ4n) is 2.30. The molecule has 0 unspecified atom stereocenters. The molecule has 6 nitrogen and oxygen atoms in total. The van der Waals surface area contributed by atoms with E-state index in [-0.39, 0.29) is 10.6 Å². The van der Waals surface area contributed by atoms with E-state index in [4.69, 9.17) is 8.92 Å². The SMILES string of the molecule is O=S1(=O)C=C[C@H](OS(=O)(=O)c2ccc(OC3=CCCC=C3)cc2)C1. The van der Waals surface area contributed by atoms with Gasteiger partial charge >= 0.3 is 0 Å². The fraction of sp³-hybridized carbons (Fsp3) is 0.250. The minimum atomic E-state index is -4.04. The lowest BCUT2D eigenvalue weighted by Gasteiger charge is -2.11. The molecule has 1 aromatic carbocycles. The smallest absolute Gasteiger partial charge is 0.297 e. The predicted molar refractivity (Wildman–Crippen MR) is 88.5 cm³/mol. The van der Waals surface area contributed by atoms with Crippen molar-refractivity contribution >= 4 is 20.0 Å². The molecule has 3 rings (SSSR count). The summed E-state index contributed by atoms with van der Waals surface area (Å²) in [7, 11) is -7.42. The summed E-state index contributed by atoms with van der Waals surface area (Å²) >= 11 is 0. The van der Waals surface area contributed by atoms with Crippen molar-refractivity contribution < 1.29 is 25.8 Å². The van der Waals surface area contributed by atoms with Crippen LogP contribution in [0.25, 0.3) is 0 Å². The lowest BCUT2D eigenvalue weighted by atomic mass is 10.2. The van der Waals surface area contributed by atoms with Crippen LogP contribution in [0.15, 0.2) is 64.6 Å². The van der Waals surface area contributed by atoms with Gasteiger partial charge in [0.2, 0.25) is 0 Å². The molecule has 0 spiro atoms. The zero-order valence-electron chi connectivity index (χ0n) is 12.7. The Morgan fingerprint density at radius 1 is 1.08 bits per heavy atom. The molecule has 0 aromatic heterocycles. The summed E-state index contributed by atoms with van der Waals surface area (Å²) in [6.07, 6.45) is 7.95. The molecule has 8 heteroatoms. The maximum atomic E-state index is 12.2. The maximum absolute atomic E-state index is 12.2. The summed E-state index contributed by atoms with van der Waals surface area (Å²) in [6.45, 7) is 0. The van der Waals surface area contributed by atoms with Crippen LogP contribution in [0.2, 0.25) is 0 Å². The third-order valence-corrected chi connectivity index (χ3v) is 6.17. The summed E-state index contributed by atoms with van der Waals surface area (Å²) in [5.74, 6) is 0.859. The van der Waals surface area contributed by atoms with Gasteiger partial charge in [0, 0.05) is 5.41 Å². The molecule has 1 heterocycles. The van der Waals surface area contributed by atoms with Gasteiger partial charge in [-0.15, -0.1) is 0 Å². The Morgan fingerprint density at radius 2 is 1.83 bits per heavy atom. The molecule has 128 valence electrons. The first-order valence-corrected chi connectivity index (χ1v) is 10.5. The molecule has 24 heavy (non-hydrogen) atoms. The normalized spacial score (nSPS) is 22.3. The van der Waals surface area contributed by atoms with E-state index in [1.807, 2.05) is 18.2 Å². The summed E-state index contributed by atoms with van der Waals surface area (Å²) in [4.78, 5) is -0.0549. The summed E-state index contributed by atoms with van der Waals surface area (Å²) in [5, 5.41) is 0.968. The van der Waals surface area contributed by atoms with Crippen molar-refractivity contribution in [1.29, 1.82) is 0 Å². The highest BCUT2D eigenvalue weighted by Crippen LogP contribution is 2.23. The van der Waals surface area contributed by atoms with Crippen LogP contribution >= 0.6 is 0 Å². The summed E-state index contributed by atoms with van der Waals surface area (Å²) in [6, 6.07) is 5.79. The van der Waals surface area contributed by atoms with Gasteiger partial charge in [-0.3, -0.25) is 4.18 Å². The lowest BCUT2D eigenvalue weighted by Crippen LogP contribution is -2.20. The van der Waals surface area contributed by atoms with Crippen LogP contribution in [0.3, 0.4) is 0 Å². The number of benzene rings is 1. The average molecular weight is 368 g/mol. The number of ether oxygens (including phenoxy) is 1. The minimum absolute atomic E-state index is 0.0549. The molecule has 1 aliphatic carbocycles.